The molecule has 0 saturated carbocycles. The van der Waals surface area contributed by atoms with Crippen molar-refractivity contribution in [3.05, 3.63) is 54.7 Å². The molecule has 0 amide bonds. The second-order valence-electron chi connectivity index (χ2n) is 4.12. The molecule has 1 unspecified atom stereocenters. The van der Waals surface area contributed by atoms with Crippen LogP contribution in [0.15, 0.2) is 59.8 Å². The number of aromatic amines is 1. The smallest absolute Gasteiger partial charge is 0.235 e. The standard InChI is InChI=1S/C14H13N3/c1-11-9-10-17(16-11)14-8-7-13(15-14)12-5-3-2-4-6-12/h2-10,15H,1H3/p+1. The highest BCUT2D eigenvalue weighted by molar-refractivity contribution is 5.92. The highest BCUT2D eigenvalue weighted by atomic mass is 15.5. The lowest BCUT2D eigenvalue weighted by Gasteiger charge is -2.00. The summed E-state index contributed by atoms with van der Waals surface area (Å²) in [7, 11) is 0. The van der Waals surface area contributed by atoms with E-state index in [2.05, 4.69) is 34.4 Å². The zero-order chi connectivity index (χ0) is 11.7. The first-order valence-electron chi connectivity index (χ1n) is 5.68. The van der Waals surface area contributed by atoms with Crippen LogP contribution in [0, 0.1) is 0 Å². The average molecular weight is 224 g/mol. The number of allylic oxidation sites excluding steroid dienone is 1. The van der Waals surface area contributed by atoms with Crippen LogP contribution >= 0.6 is 0 Å². The molecule has 3 heteroatoms. The van der Waals surface area contributed by atoms with Crippen LogP contribution < -0.4 is 5.01 Å². The van der Waals surface area contributed by atoms with Gasteiger partial charge in [-0.3, -0.25) is 0 Å². The van der Waals surface area contributed by atoms with Crippen molar-refractivity contribution >= 4 is 11.5 Å². The Morgan fingerprint density at radius 3 is 2.59 bits per heavy atom. The number of benzene rings is 1. The fraction of sp³-hybridized carbons (Fsp3) is 0.0714. The van der Waals surface area contributed by atoms with E-state index < -0.39 is 0 Å². The van der Waals surface area contributed by atoms with Crippen LogP contribution in [0.5, 0.6) is 0 Å². The normalized spacial score (nSPS) is 18.4. The molecule has 1 aliphatic rings. The van der Waals surface area contributed by atoms with Gasteiger partial charge < -0.3 is 4.98 Å². The van der Waals surface area contributed by atoms with E-state index in [9.17, 15) is 0 Å². The quantitative estimate of drug-likeness (QED) is 0.783. The molecular formula is C14H14N3+. The van der Waals surface area contributed by atoms with Gasteiger partial charge in [0.05, 0.1) is 11.4 Å². The van der Waals surface area contributed by atoms with E-state index in [1.54, 1.807) is 0 Å². The minimum Gasteiger partial charge on any atom is -0.308 e. The zero-order valence-electron chi connectivity index (χ0n) is 9.64. The second-order valence-corrected chi connectivity index (χ2v) is 4.12. The lowest BCUT2D eigenvalue weighted by molar-refractivity contribution is -0.782. The molecule has 1 aromatic heterocycles. The maximum Gasteiger partial charge on any atom is 0.235 e. The first-order valence-corrected chi connectivity index (χ1v) is 5.68. The number of H-pyrrole nitrogens is 1. The summed E-state index contributed by atoms with van der Waals surface area (Å²) in [6, 6.07) is 14.5. The Morgan fingerprint density at radius 1 is 1.06 bits per heavy atom. The van der Waals surface area contributed by atoms with E-state index in [4.69, 9.17) is 0 Å². The fourth-order valence-electron chi connectivity index (χ4n) is 1.94. The predicted molar refractivity (Wildman–Crippen MR) is 69.1 cm³/mol. The molecular weight excluding hydrogens is 210 g/mol. The molecule has 2 N–H and O–H groups in total. The summed E-state index contributed by atoms with van der Waals surface area (Å²) in [5.74, 6) is 1.07. The first-order chi connectivity index (χ1) is 8.33. The van der Waals surface area contributed by atoms with Gasteiger partial charge in [0, 0.05) is 12.1 Å². The van der Waals surface area contributed by atoms with E-state index in [1.807, 2.05) is 37.4 Å². The second kappa shape index (κ2) is 4.03. The molecule has 84 valence electrons. The lowest BCUT2D eigenvalue weighted by atomic mass is 10.2. The molecule has 1 atom stereocenters. The lowest BCUT2D eigenvalue weighted by Crippen LogP contribution is -2.96. The summed E-state index contributed by atoms with van der Waals surface area (Å²) in [6.07, 6.45) is 4.06. The summed E-state index contributed by atoms with van der Waals surface area (Å²) in [4.78, 5) is 3.40. The molecule has 3 rings (SSSR count). The minimum absolute atomic E-state index is 1.00. The van der Waals surface area contributed by atoms with Crippen LogP contribution in [-0.2, 0) is 0 Å². The number of hydrogen-bond acceptors (Lipinski definition) is 1. The summed E-state index contributed by atoms with van der Waals surface area (Å²) in [6.45, 7) is 2.00. The SMILES string of the molecule is CC1=N[NH+](c2ccc(-c3ccccc3)[nH]2)C=C1. The van der Waals surface area contributed by atoms with Crippen LogP contribution in [0.3, 0.4) is 0 Å². The van der Waals surface area contributed by atoms with Crippen molar-refractivity contribution in [3.8, 4) is 11.3 Å². The molecule has 1 aliphatic heterocycles. The molecule has 0 fully saturated rings. The van der Waals surface area contributed by atoms with Crippen molar-refractivity contribution in [2.45, 2.75) is 6.92 Å². The molecule has 3 nitrogen and oxygen atoms in total. The number of hydrogen-bond donors (Lipinski definition) is 2. The molecule has 0 saturated heterocycles. The van der Waals surface area contributed by atoms with Gasteiger partial charge in [0.2, 0.25) is 5.82 Å². The van der Waals surface area contributed by atoms with Crippen molar-refractivity contribution in [3.63, 3.8) is 0 Å². The number of quaternary nitrogens is 1. The third-order valence-electron chi connectivity index (χ3n) is 2.83. The minimum atomic E-state index is 1.00. The Balaban J connectivity index is 1.92. The number of aromatic nitrogens is 1. The maximum absolute atomic E-state index is 4.46. The molecule has 0 bridgehead atoms. The van der Waals surface area contributed by atoms with Gasteiger partial charge in [0.25, 0.3) is 0 Å². The Labute approximate surface area is 100 Å². The number of rotatable bonds is 2. The van der Waals surface area contributed by atoms with Crippen LogP contribution in [0.1, 0.15) is 6.92 Å². The van der Waals surface area contributed by atoms with Crippen molar-refractivity contribution in [1.29, 1.82) is 0 Å². The van der Waals surface area contributed by atoms with E-state index in [1.165, 1.54) is 5.56 Å². The summed E-state index contributed by atoms with van der Waals surface area (Å²) < 4.78 is 0. The van der Waals surface area contributed by atoms with Crippen LogP contribution in [-0.4, -0.2) is 10.7 Å². The summed E-state index contributed by atoms with van der Waals surface area (Å²) >= 11 is 0. The summed E-state index contributed by atoms with van der Waals surface area (Å²) in [5, 5.41) is 5.46. The van der Waals surface area contributed by atoms with Gasteiger partial charge in [-0.05, 0) is 18.6 Å². The van der Waals surface area contributed by atoms with Crippen LogP contribution in [0.4, 0.5) is 5.82 Å². The van der Waals surface area contributed by atoms with Crippen LogP contribution in [0.2, 0.25) is 0 Å². The Bertz CT molecular complexity index is 579. The molecule has 2 aromatic rings. The van der Waals surface area contributed by atoms with E-state index in [-0.39, 0.29) is 0 Å². The van der Waals surface area contributed by atoms with E-state index >= 15 is 0 Å². The van der Waals surface area contributed by atoms with Gasteiger partial charge >= 0.3 is 0 Å². The van der Waals surface area contributed by atoms with Gasteiger partial charge in [0.1, 0.15) is 6.20 Å². The van der Waals surface area contributed by atoms with Crippen molar-refractivity contribution in [1.82, 2.24) is 4.98 Å². The van der Waals surface area contributed by atoms with Gasteiger partial charge in [0.15, 0.2) is 0 Å². The average Bonchev–Trinajstić information content (AvgIpc) is 2.98. The molecule has 1 aromatic carbocycles. The van der Waals surface area contributed by atoms with Crippen LogP contribution in [0.25, 0.3) is 11.3 Å². The van der Waals surface area contributed by atoms with Gasteiger partial charge in [-0.25, -0.2) is 0 Å². The van der Waals surface area contributed by atoms with Gasteiger partial charge in [-0.15, -0.1) is 5.01 Å². The van der Waals surface area contributed by atoms with Gasteiger partial charge in [-0.2, -0.15) is 0 Å². The van der Waals surface area contributed by atoms with E-state index in [0.29, 0.717) is 0 Å². The fourth-order valence-corrected chi connectivity index (χ4v) is 1.94. The number of nitrogens with one attached hydrogen (secondary N) is 2. The zero-order valence-corrected chi connectivity index (χ0v) is 9.64. The molecule has 0 aliphatic carbocycles. The topological polar surface area (TPSA) is 32.6 Å². The van der Waals surface area contributed by atoms with Crippen molar-refractivity contribution in [2.75, 3.05) is 0 Å². The molecule has 0 radical (unpaired) electrons. The monoisotopic (exact) mass is 224 g/mol. The largest absolute Gasteiger partial charge is 0.308 e. The highest BCUT2D eigenvalue weighted by Gasteiger charge is 2.15. The van der Waals surface area contributed by atoms with E-state index in [0.717, 1.165) is 22.2 Å². The molecule has 17 heavy (non-hydrogen) atoms. The first kappa shape index (κ1) is 10.1. The maximum atomic E-state index is 4.46. The Kier molecular flexibility index (Phi) is 2.38. The molecule has 0 spiro atoms. The third-order valence-corrected chi connectivity index (χ3v) is 2.83. The predicted octanol–water partition coefficient (Wildman–Crippen LogP) is 2.10. The summed E-state index contributed by atoms with van der Waals surface area (Å²) in [5.41, 5.74) is 3.37. The van der Waals surface area contributed by atoms with Gasteiger partial charge in [-0.1, -0.05) is 35.4 Å². The highest BCUT2D eigenvalue weighted by Crippen LogP contribution is 2.18. The Morgan fingerprint density at radius 2 is 1.88 bits per heavy atom. The number of nitrogens with zero attached hydrogens (tertiary/aromatic N) is 1. The molecule has 2 heterocycles. The van der Waals surface area contributed by atoms with Crippen molar-refractivity contribution < 1.29 is 5.01 Å². The van der Waals surface area contributed by atoms with Crippen molar-refractivity contribution in [2.24, 2.45) is 5.10 Å². The third kappa shape index (κ3) is 1.92. The Hall–Kier alpha value is -2.13.